The first kappa shape index (κ1) is 12.7. The third-order valence-electron chi connectivity index (χ3n) is 2.13. The van der Waals surface area contributed by atoms with Gasteiger partial charge in [0.15, 0.2) is 0 Å². The molecule has 0 aliphatic heterocycles. The van der Waals surface area contributed by atoms with Crippen LogP contribution in [0, 0.1) is 0 Å². The highest BCUT2D eigenvalue weighted by Gasteiger charge is 1.96. The largest absolute Gasteiger partial charge is 0.370 e. The molecule has 0 saturated heterocycles. The van der Waals surface area contributed by atoms with Gasteiger partial charge in [-0.15, -0.1) is 0 Å². The fourth-order valence-electron chi connectivity index (χ4n) is 1.29. The topological polar surface area (TPSA) is 61.9 Å². The Kier molecular flexibility index (Phi) is 6.25. The smallest absolute Gasteiger partial charge is 0.131 e. The van der Waals surface area contributed by atoms with Crippen LogP contribution in [0.25, 0.3) is 0 Å². The molecule has 1 aromatic heterocycles. The fourth-order valence-corrected chi connectivity index (χ4v) is 1.29. The van der Waals surface area contributed by atoms with Crippen molar-refractivity contribution < 1.29 is 0 Å². The summed E-state index contributed by atoms with van der Waals surface area (Å²) < 4.78 is 0. The molecule has 0 spiro atoms. The summed E-state index contributed by atoms with van der Waals surface area (Å²) in [4.78, 5) is 8.31. The summed E-state index contributed by atoms with van der Waals surface area (Å²) in [7, 11) is 1.96. The molecule has 0 aromatic carbocycles. The van der Waals surface area contributed by atoms with Crippen molar-refractivity contribution in [2.24, 2.45) is 0 Å². The Balaban J connectivity index is 2.35. The van der Waals surface area contributed by atoms with E-state index in [4.69, 9.17) is 0 Å². The summed E-state index contributed by atoms with van der Waals surface area (Å²) in [6.07, 6.45) is 3.76. The van der Waals surface area contributed by atoms with Crippen LogP contribution in [0.15, 0.2) is 12.4 Å². The van der Waals surface area contributed by atoms with Crippen molar-refractivity contribution in [3.05, 3.63) is 12.4 Å². The predicted octanol–water partition coefficient (Wildman–Crippen LogP) is 1.32. The van der Waals surface area contributed by atoms with Crippen LogP contribution in [-0.2, 0) is 0 Å². The molecule has 0 aliphatic rings. The third kappa shape index (κ3) is 4.93. The van der Waals surface area contributed by atoms with Crippen molar-refractivity contribution in [1.29, 1.82) is 0 Å². The molecule has 0 bridgehead atoms. The van der Waals surface area contributed by atoms with E-state index in [1.165, 1.54) is 0 Å². The number of nitrogens with one attached hydrogen (secondary N) is 3. The summed E-state index contributed by atoms with van der Waals surface area (Å²) in [6, 6.07) is 1.94. The van der Waals surface area contributed by atoms with Gasteiger partial charge in [-0.2, -0.15) is 0 Å². The van der Waals surface area contributed by atoms with Crippen LogP contribution in [0.2, 0.25) is 0 Å². The molecule has 1 heterocycles. The van der Waals surface area contributed by atoms with Gasteiger partial charge in [-0.25, -0.2) is 9.97 Å². The first-order valence-electron chi connectivity index (χ1n) is 5.81. The molecule has 1 rings (SSSR count). The zero-order valence-corrected chi connectivity index (χ0v) is 10.1. The van der Waals surface area contributed by atoms with Gasteiger partial charge in [0.1, 0.15) is 18.0 Å². The van der Waals surface area contributed by atoms with Crippen LogP contribution in [0.1, 0.15) is 19.8 Å². The van der Waals surface area contributed by atoms with E-state index in [1.54, 1.807) is 6.33 Å². The summed E-state index contributed by atoms with van der Waals surface area (Å²) in [5, 5.41) is 9.61. The van der Waals surface area contributed by atoms with Gasteiger partial charge in [-0.3, -0.25) is 0 Å². The van der Waals surface area contributed by atoms with Crippen LogP contribution in [0.3, 0.4) is 0 Å². The second-order valence-corrected chi connectivity index (χ2v) is 3.60. The number of hydrogen-bond acceptors (Lipinski definition) is 5. The zero-order chi connectivity index (χ0) is 11.6. The minimum atomic E-state index is 0.879. The van der Waals surface area contributed by atoms with Crippen LogP contribution >= 0.6 is 0 Å². The maximum atomic E-state index is 4.16. The normalized spacial score (nSPS) is 10.1. The molecule has 0 atom stereocenters. The monoisotopic (exact) mass is 223 g/mol. The Morgan fingerprint density at radius 2 is 1.75 bits per heavy atom. The molecule has 0 fully saturated rings. The molecule has 0 radical (unpaired) electrons. The molecule has 3 N–H and O–H groups in total. The summed E-state index contributed by atoms with van der Waals surface area (Å²) in [5.41, 5.74) is 0. The van der Waals surface area contributed by atoms with E-state index in [9.17, 15) is 0 Å². The molecular weight excluding hydrogens is 202 g/mol. The van der Waals surface area contributed by atoms with Crippen LogP contribution in [0.4, 0.5) is 11.6 Å². The molecule has 0 saturated carbocycles. The lowest BCUT2D eigenvalue weighted by atomic mass is 10.4. The lowest BCUT2D eigenvalue weighted by Crippen LogP contribution is -2.13. The SMILES string of the molecule is CCCNc1cc(NCCCNC)ncn1. The second kappa shape index (κ2) is 7.87. The number of nitrogens with zero attached hydrogens (tertiary/aromatic N) is 2. The third-order valence-corrected chi connectivity index (χ3v) is 2.13. The highest BCUT2D eigenvalue weighted by Crippen LogP contribution is 2.08. The Morgan fingerprint density at radius 1 is 1.06 bits per heavy atom. The van der Waals surface area contributed by atoms with Crippen molar-refractivity contribution in [3.63, 3.8) is 0 Å². The van der Waals surface area contributed by atoms with E-state index in [0.717, 1.165) is 44.1 Å². The van der Waals surface area contributed by atoms with Crippen molar-refractivity contribution in [1.82, 2.24) is 15.3 Å². The first-order valence-corrected chi connectivity index (χ1v) is 5.81. The molecule has 1 aromatic rings. The Hall–Kier alpha value is -1.36. The predicted molar refractivity (Wildman–Crippen MR) is 67.8 cm³/mol. The average Bonchev–Trinajstić information content (AvgIpc) is 2.33. The zero-order valence-electron chi connectivity index (χ0n) is 10.1. The Morgan fingerprint density at radius 3 is 2.38 bits per heavy atom. The van der Waals surface area contributed by atoms with E-state index in [-0.39, 0.29) is 0 Å². The van der Waals surface area contributed by atoms with Gasteiger partial charge < -0.3 is 16.0 Å². The van der Waals surface area contributed by atoms with Gasteiger partial charge in [0.05, 0.1) is 0 Å². The minimum absolute atomic E-state index is 0.879. The average molecular weight is 223 g/mol. The molecule has 5 heteroatoms. The summed E-state index contributed by atoms with van der Waals surface area (Å²) in [6.45, 7) is 5.01. The standard InChI is InChI=1S/C11H21N5/c1-3-5-13-10-8-11(16-9-15-10)14-7-4-6-12-2/h8-9,12H,3-7H2,1-2H3,(H2,13,14,15,16). The van der Waals surface area contributed by atoms with Crippen molar-refractivity contribution in [2.45, 2.75) is 19.8 Å². The van der Waals surface area contributed by atoms with E-state index < -0.39 is 0 Å². The minimum Gasteiger partial charge on any atom is -0.370 e. The number of aromatic nitrogens is 2. The number of hydrogen-bond donors (Lipinski definition) is 3. The molecule has 0 amide bonds. The van der Waals surface area contributed by atoms with Crippen molar-refractivity contribution >= 4 is 11.6 Å². The molecule has 0 unspecified atom stereocenters. The molecule has 90 valence electrons. The van der Waals surface area contributed by atoms with Crippen LogP contribution < -0.4 is 16.0 Å². The van der Waals surface area contributed by atoms with Crippen LogP contribution in [0.5, 0.6) is 0 Å². The second-order valence-electron chi connectivity index (χ2n) is 3.60. The van der Waals surface area contributed by atoms with Crippen molar-refractivity contribution in [3.8, 4) is 0 Å². The van der Waals surface area contributed by atoms with Gasteiger partial charge in [-0.05, 0) is 26.4 Å². The lowest BCUT2D eigenvalue weighted by Gasteiger charge is -2.07. The summed E-state index contributed by atoms with van der Waals surface area (Å²) in [5.74, 6) is 1.76. The van der Waals surface area contributed by atoms with E-state index in [1.807, 2.05) is 13.1 Å². The molecular formula is C11H21N5. The maximum absolute atomic E-state index is 4.16. The van der Waals surface area contributed by atoms with Gasteiger partial charge in [0.2, 0.25) is 0 Å². The Labute approximate surface area is 97.1 Å². The highest BCUT2D eigenvalue weighted by atomic mass is 15.1. The van der Waals surface area contributed by atoms with Gasteiger partial charge >= 0.3 is 0 Å². The van der Waals surface area contributed by atoms with Crippen LogP contribution in [-0.4, -0.2) is 36.6 Å². The van der Waals surface area contributed by atoms with E-state index in [2.05, 4.69) is 32.8 Å². The molecule has 0 aliphatic carbocycles. The molecule has 16 heavy (non-hydrogen) atoms. The first-order chi connectivity index (χ1) is 7.86. The van der Waals surface area contributed by atoms with Gasteiger partial charge in [-0.1, -0.05) is 6.92 Å². The van der Waals surface area contributed by atoms with E-state index in [0.29, 0.717) is 0 Å². The molecule has 5 nitrogen and oxygen atoms in total. The van der Waals surface area contributed by atoms with Gasteiger partial charge in [0.25, 0.3) is 0 Å². The summed E-state index contributed by atoms with van der Waals surface area (Å²) >= 11 is 0. The van der Waals surface area contributed by atoms with Gasteiger partial charge in [0, 0.05) is 19.2 Å². The fraction of sp³-hybridized carbons (Fsp3) is 0.636. The Bertz CT molecular complexity index is 289. The number of anilines is 2. The van der Waals surface area contributed by atoms with E-state index >= 15 is 0 Å². The highest BCUT2D eigenvalue weighted by molar-refractivity contribution is 5.46. The number of rotatable bonds is 8. The lowest BCUT2D eigenvalue weighted by molar-refractivity contribution is 0.746. The quantitative estimate of drug-likeness (QED) is 0.580. The maximum Gasteiger partial charge on any atom is 0.131 e. The van der Waals surface area contributed by atoms with Crippen molar-refractivity contribution in [2.75, 3.05) is 37.3 Å².